The van der Waals surface area contributed by atoms with E-state index in [0.29, 0.717) is 6.07 Å². The van der Waals surface area contributed by atoms with Crippen LogP contribution < -0.4 is 10.5 Å². The lowest BCUT2D eigenvalue weighted by molar-refractivity contribution is -0.275. The summed E-state index contributed by atoms with van der Waals surface area (Å²) in [4.78, 5) is 0. The lowest BCUT2D eigenvalue weighted by Gasteiger charge is -2.15. The van der Waals surface area contributed by atoms with Crippen LogP contribution in [-0.4, -0.2) is 6.36 Å². The number of anilines is 1. The molecule has 1 aromatic carbocycles. The minimum Gasteiger partial charge on any atom is -0.404 e. The molecule has 0 aliphatic rings. The molecule has 2 nitrogen and oxygen atoms in total. The SMILES string of the molecule is Nc1cc(C(F)(F)F)cc(OC(F)(F)F)c1Br. The lowest BCUT2D eigenvalue weighted by Crippen LogP contribution is -2.18. The van der Waals surface area contributed by atoms with E-state index >= 15 is 0 Å². The molecule has 0 bridgehead atoms. The van der Waals surface area contributed by atoms with Crippen LogP contribution in [0.1, 0.15) is 5.56 Å². The standard InChI is InChI=1S/C8H4BrF6NO/c9-6-4(16)1-3(7(10,11)12)2-5(6)17-8(13,14)15/h1-2H,16H2. The Kier molecular flexibility index (Phi) is 3.51. The Morgan fingerprint density at radius 1 is 1.06 bits per heavy atom. The summed E-state index contributed by atoms with van der Waals surface area (Å²) in [6.07, 6.45) is -9.91. The van der Waals surface area contributed by atoms with Gasteiger partial charge in [-0.3, -0.25) is 0 Å². The smallest absolute Gasteiger partial charge is 0.404 e. The van der Waals surface area contributed by atoms with Gasteiger partial charge in [0.2, 0.25) is 0 Å². The highest BCUT2D eigenvalue weighted by atomic mass is 79.9. The third-order valence-corrected chi connectivity index (χ3v) is 2.47. The van der Waals surface area contributed by atoms with Crippen LogP contribution in [0.5, 0.6) is 5.75 Å². The third kappa shape index (κ3) is 3.69. The molecule has 0 saturated heterocycles. The fraction of sp³-hybridized carbons (Fsp3) is 0.250. The van der Waals surface area contributed by atoms with Gasteiger partial charge in [0.1, 0.15) is 5.75 Å². The fourth-order valence-electron chi connectivity index (χ4n) is 0.982. The quantitative estimate of drug-likeness (QED) is 0.627. The zero-order chi connectivity index (χ0) is 13.4. The summed E-state index contributed by atoms with van der Waals surface area (Å²) < 4.78 is 75.7. The number of nitrogens with two attached hydrogens (primary N) is 1. The molecule has 2 N–H and O–H groups in total. The van der Waals surface area contributed by atoms with Gasteiger partial charge in [-0.15, -0.1) is 13.2 Å². The minimum atomic E-state index is -5.10. The molecular weight excluding hydrogens is 320 g/mol. The van der Waals surface area contributed by atoms with Gasteiger partial charge in [-0.05, 0) is 28.1 Å². The Bertz CT molecular complexity index is 427. The Balaban J connectivity index is 3.26. The average molecular weight is 324 g/mol. The molecule has 0 aliphatic carbocycles. The summed E-state index contributed by atoms with van der Waals surface area (Å²) in [5, 5.41) is 0. The minimum absolute atomic E-state index is 0.216. The summed E-state index contributed by atoms with van der Waals surface area (Å²) in [5.41, 5.74) is 3.32. The molecule has 0 atom stereocenters. The maximum absolute atomic E-state index is 12.3. The zero-order valence-electron chi connectivity index (χ0n) is 7.79. The highest BCUT2D eigenvalue weighted by Gasteiger charge is 2.36. The Labute approximate surface area is 99.5 Å². The Morgan fingerprint density at radius 2 is 1.59 bits per heavy atom. The average Bonchev–Trinajstić information content (AvgIpc) is 2.08. The molecule has 9 heteroatoms. The van der Waals surface area contributed by atoms with Gasteiger partial charge in [-0.25, -0.2) is 0 Å². The number of alkyl halides is 6. The highest BCUT2D eigenvalue weighted by molar-refractivity contribution is 9.10. The molecular formula is C8H4BrF6NO. The van der Waals surface area contributed by atoms with Gasteiger partial charge in [-0.1, -0.05) is 0 Å². The molecule has 0 aromatic heterocycles. The van der Waals surface area contributed by atoms with E-state index in [-0.39, 0.29) is 10.5 Å². The third-order valence-electron chi connectivity index (χ3n) is 1.62. The molecule has 0 amide bonds. The van der Waals surface area contributed by atoms with Gasteiger partial charge in [-0.2, -0.15) is 13.2 Å². The first-order valence-electron chi connectivity index (χ1n) is 3.92. The van der Waals surface area contributed by atoms with Crippen molar-refractivity contribution in [3.05, 3.63) is 22.2 Å². The van der Waals surface area contributed by atoms with Crippen molar-refractivity contribution in [2.75, 3.05) is 5.73 Å². The van der Waals surface area contributed by atoms with Gasteiger partial charge in [0.05, 0.1) is 15.7 Å². The zero-order valence-corrected chi connectivity index (χ0v) is 9.37. The second-order valence-electron chi connectivity index (χ2n) is 2.92. The predicted octanol–water partition coefficient (Wildman–Crippen LogP) is 3.95. The predicted molar refractivity (Wildman–Crippen MR) is 50.2 cm³/mol. The van der Waals surface area contributed by atoms with E-state index in [1.165, 1.54) is 0 Å². The maximum Gasteiger partial charge on any atom is 0.573 e. The van der Waals surface area contributed by atoms with Gasteiger partial charge < -0.3 is 10.5 Å². The van der Waals surface area contributed by atoms with E-state index in [9.17, 15) is 26.3 Å². The van der Waals surface area contributed by atoms with Crippen LogP contribution in [0.2, 0.25) is 0 Å². The van der Waals surface area contributed by atoms with Crippen molar-refractivity contribution in [2.45, 2.75) is 12.5 Å². The summed E-state index contributed by atoms with van der Waals surface area (Å²) in [7, 11) is 0. The van der Waals surface area contributed by atoms with E-state index in [1.807, 2.05) is 0 Å². The highest BCUT2D eigenvalue weighted by Crippen LogP contribution is 2.40. The lowest BCUT2D eigenvalue weighted by atomic mass is 10.2. The number of ether oxygens (including phenoxy) is 1. The van der Waals surface area contributed by atoms with E-state index < -0.39 is 29.5 Å². The van der Waals surface area contributed by atoms with Crippen molar-refractivity contribution in [1.82, 2.24) is 0 Å². The van der Waals surface area contributed by atoms with Crippen LogP contribution in [0, 0.1) is 0 Å². The maximum atomic E-state index is 12.3. The first-order valence-corrected chi connectivity index (χ1v) is 4.72. The number of nitrogen functional groups attached to an aromatic ring is 1. The summed E-state index contributed by atoms with van der Waals surface area (Å²) in [6.45, 7) is 0. The van der Waals surface area contributed by atoms with Gasteiger partial charge in [0, 0.05) is 0 Å². The van der Waals surface area contributed by atoms with Crippen molar-refractivity contribution in [2.24, 2.45) is 0 Å². The van der Waals surface area contributed by atoms with Crippen LogP contribution in [0.15, 0.2) is 16.6 Å². The normalized spacial score (nSPS) is 12.6. The van der Waals surface area contributed by atoms with Crippen LogP contribution >= 0.6 is 15.9 Å². The second kappa shape index (κ2) is 4.28. The summed E-state index contributed by atoms with van der Waals surface area (Å²) in [6, 6.07) is 0.723. The van der Waals surface area contributed by atoms with Crippen molar-refractivity contribution < 1.29 is 31.1 Å². The van der Waals surface area contributed by atoms with E-state index in [4.69, 9.17) is 5.73 Å². The molecule has 1 aromatic rings. The number of benzene rings is 1. The molecule has 96 valence electrons. The van der Waals surface area contributed by atoms with Crippen LogP contribution in [0.25, 0.3) is 0 Å². The van der Waals surface area contributed by atoms with Crippen molar-refractivity contribution in [1.29, 1.82) is 0 Å². The molecule has 0 fully saturated rings. The van der Waals surface area contributed by atoms with Gasteiger partial charge in [0.25, 0.3) is 0 Å². The summed E-state index contributed by atoms with van der Waals surface area (Å²) >= 11 is 2.62. The number of halogens is 7. The van der Waals surface area contributed by atoms with Gasteiger partial charge in [0.15, 0.2) is 0 Å². The molecule has 0 unspecified atom stereocenters. The van der Waals surface area contributed by atoms with Crippen molar-refractivity contribution in [3.63, 3.8) is 0 Å². The molecule has 0 aliphatic heterocycles. The van der Waals surface area contributed by atoms with Gasteiger partial charge >= 0.3 is 12.5 Å². The topological polar surface area (TPSA) is 35.2 Å². The van der Waals surface area contributed by atoms with Crippen LogP contribution in [-0.2, 0) is 6.18 Å². The molecule has 0 spiro atoms. The fourth-order valence-corrected chi connectivity index (χ4v) is 1.29. The van der Waals surface area contributed by atoms with E-state index in [2.05, 4.69) is 20.7 Å². The Morgan fingerprint density at radius 3 is 2.00 bits per heavy atom. The Hall–Kier alpha value is -1.12. The largest absolute Gasteiger partial charge is 0.573 e. The number of rotatable bonds is 1. The molecule has 1 rings (SSSR count). The first-order chi connectivity index (χ1) is 7.50. The molecule has 17 heavy (non-hydrogen) atoms. The van der Waals surface area contributed by atoms with Crippen molar-refractivity contribution >= 4 is 21.6 Å². The second-order valence-corrected chi connectivity index (χ2v) is 3.72. The number of hydrogen-bond donors (Lipinski definition) is 1. The molecule has 0 heterocycles. The van der Waals surface area contributed by atoms with Crippen molar-refractivity contribution in [3.8, 4) is 5.75 Å². The molecule has 0 radical (unpaired) electrons. The molecule has 0 saturated carbocycles. The monoisotopic (exact) mass is 323 g/mol. The van der Waals surface area contributed by atoms with Crippen LogP contribution in [0.4, 0.5) is 32.0 Å². The number of hydrogen-bond acceptors (Lipinski definition) is 2. The van der Waals surface area contributed by atoms with Crippen LogP contribution in [0.3, 0.4) is 0 Å². The van der Waals surface area contributed by atoms with E-state index in [1.54, 1.807) is 0 Å². The first kappa shape index (κ1) is 13.9. The van der Waals surface area contributed by atoms with E-state index in [0.717, 1.165) is 0 Å². The summed E-state index contributed by atoms with van der Waals surface area (Å²) in [5.74, 6) is -1.04.